The summed E-state index contributed by atoms with van der Waals surface area (Å²) in [5.41, 5.74) is 5.94. The predicted molar refractivity (Wildman–Crippen MR) is 93.8 cm³/mol. The van der Waals surface area contributed by atoms with Gasteiger partial charge in [-0.05, 0) is 33.3 Å². The summed E-state index contributed by atoms with van der Waals surface area (Å²) in [6.45, 7) is 7.55. The van der Waals surface area contributed by atoms with Crippen LogP contribution >= 0.6 is 0 Å². The summed E-state index contributed by atoms with van der Waals surface area (Å²) in [6.07, 6.45) is 0. The van der Waals surface area contributed by atoms with Gasteiger partial charge in [-0.2, -0.15) is 0 Å². The monoisotopic (exact) mass is 304 g/mol. The molecule has 0 aliphatic heterocycles. The number of carbonyl (C=O) groups excluding carboxylic acids is 1. The first kappa shape index (κ1) is 15.3. The van der Waals surface area contributed by atoms with E-state index >= 15 is 0 Å². The third-order valence-corrected chi connectivity index (χ3v) is 4.09. The molecule has 0 saturated carbocycles. The molecule has 2 nitrogen and oxygen atoms in total. The molecule has 0 atom stereocenters. The van der Waals surface area contributed by atoms with E-state index < -0.39 is 0 Å². The highest BCUT2D eigenvalue weighted by Gasteiger charge is 2.23. The van der Waals surface area contributed by atoms with Crippen molar-refractivity contribution in [2.24, 2.45) is 0 Å². The van der Waals surface area contributed by atoms with Gasteiger partial charge in [0.1, 0.15) is 11.5 Å². The standard InChI is InChI=1S/C21H20O2/c1-13-5-9-17(10-6-13)20-19(15(3)22)16(4)23-21(20)18-11-7-14(2)8-12-18/h5-12H,1-4H3. The SMILES string of the molecule is CC(=O)c1c(C)oc(-c2ccc(C)cc2)c1-c1ccc(C)cc1. The Morgan fingerprint density at radius 2 is 1.26 bits per heavy atom. The number of carbonyl (C=O) groups is 1. The molecular weight excluding hydrogens is 284 g/mol. The van der Waals surface area contributed by atoms with Gasteiger partial charge in [0, 0.05) is 11.1 Å². The Labute approximate surface area is 136 Å². The number of aryl methyl sites for hydroxylation is 3. The van der Waals surface area contributed by atoms with Crippen LogP contribution in [0.1, 0.15) is 34.2 Å². The molecule has 0 aliphatic carbocycles. The summed E-state index contributed by atoms with van der Waals surface area (Å²) in [7, 11) is 0. The smallest absolute Gasteiger partial charge is 0.163 e. The number of hydrogen-bond donors (Lipinski definition) is 0. The molecule has 0 aliphatic rings. The maximum atomic E-state index is 12.2. The molecule has 2 heteroatoms. The Hall–Kier alpha value is -2.61. The average molecular weight is 304 g/mol. The molecule has 23 heavy (non-hydrogen) atoms. The van der Waals surface area contributed by atoms with E-state index in [-0.39, 0.29) is 5.78 Å². The van der Waals surface area contributed by atoms with E-state index in [2.05, 4.69) is 38.1 Å². The van der Waals surface area contributed by atoms with Crippen molar-refractivity contribution in [1.82, 2.24) is 0 Å². The predicted octanol–water partition coefficient (Wildman–Crippen LogP) is 5.74. The van der Waals surface area contributed by atoms with Crippen LogP contribution in [0.3, 0.4) is 0 Å². The Morgan fingerprint density at radius 1 is 0.783 bits per heavy atom. The van der Waals surface area contributed by atoms with Crippen molar-refractivity contribution < 1.29 is 9.21 Å². The normalized spacial score (nSPS) is 10.8. The summed E-state index contributed by atoms with van der Waals surface area (Å²) in [5, 5.41) is 0. The number of Topliss-reactive ketones (excluding diaryl/α,β-unsaturated/α-hetero) is 1. The van der Waals surface area contributed by atoms with Gasteiger partial charge >= 0.3 is 0 Å². The van der Waals surface area contributed by atoms with Gasteiger partial charge in [-0.3, -0.25) is 4.79 Å². The van der Waals surface area contributed by atoms with Crippen LogP contribution in [0, 0.1) is 20.8 Å². The van der Waals surface area contributed by atoms with Crippen molar-refractivity contribution in [2.45, 2.75) is 27.7 Å². The van der Waals surface area contributed by atoms with Crippen LogP contribution in [0.25, 0.3) is 22.5 Å². The van der Waals surface area contributed by atoms with Crippen LogP contribution in [-0.4, -0.2) is 5.78 Å². The summed E-state index contributed by atoms with van der Waals surface area (Å²) in [5.74, 6) is 1.46. The van der Waals surface area contributed by atoms with Crippen molar-refractivity contribution in [1.29, 1.82) is 0 Å². The summed E-state index contributed by atoms with van der Waals surface area (Å²) >= 11 is 0. The van der Waals surface area contributed by atoms with E-state index in [1.54, 1.807) is 6.92 Å². The van der Waals surface area contributed by atoms with Gasteiger partial charge in [0.2, 0.25) is 0 Å². The van der Waals surface area contributed by atoms with Gasteiger partial charge in [-0.25, -0.2) is 0 Å². The fraction of sp³-hybridized carbons (Fsp3) is 0.190. The number of furan rings is 1. The van der Waals surface area contributed by atoms with Gasteiger partial charge < -0.3 is 4.42 Å². The van der Waals surface area contributed by atoms with E-state index in [0.717, 1.165) is 22.5 Å². The lowest BCUT2D eigenvalue weighted by Gasteiger charge is -2.06. The van der Waals surface area contributed by atoms with E-state index in [9.17, 15) is 4.79 Å². The minimum Gasteiger partial charge on any atom is -0.460 e. The molecule has 3 aromatic rings. The van der Waals surface area contributed by atoms with Crippen molar-refractivity contribution in [3.8, 4) is 22.5 Å². The molecule has 1 aromatic heterocycles. The van der Waals surface area contributed by atoms with E-state index in [4.69, 9.17) is 4.42 Å². The maximum absolute atomic E-state index is 12.2. The highest BCUT2D eigenvalue weighted by molar-refractivity contribution is 6.05. The Morgan fingerprint density at radius 3 is 1.74 bits per heavy atom. The lowest BCUT2D eigenvalue weighted by molar-refractivity contribution is 0.101. The van der Waals surface area contributed by atoms with Crippen LogP contribution in [-0.2, 0) is 0 Å². The van der Waals surface area contributed by atoms with Gasteiger partial charge in [0.15, 0.2) is 5.78 Å². The maximum Gasteiger partial charge on any atom is 0.163 e. The molecule has 0 radical (unpaired) electrons. The molecule has 0 fully saturated rings. The third-order valence-electron chi connectivity index (χ3n) is 4.09. The quantitative estimate of drug-likeness (QED) is 0.577. The topological polar surface area (TPSA) is 30.2 Å². The van der Waals surface area contributed by atoms with Crippen molar-refractivity contribution >= 4 is 5.78 Å². The van der Waals surface area contributed by atoms with Gasteiger partial charge in [0.05, 0.1) is 5.56 Å². The first-order valence-electron chi connectivity index (χ1n) is 7.76. The number of hydrogen-bond acceptors (Lipinski definition) is 2. The first-order chi connectivity index (χ1) is 11.0. The Bertz CT molecular complexity index is 850. The van der Waals surface area contributed by atoms with Crippen LogP contribution in [0.5, 0.6) is 0 Å². The molecule has 0 unspecified atom stereocenters. The highest BCUT2D eigenvalue weighted by Crippen LogP contribution is 2.39. The van der Waals surface area contributed by atoms with E-state index in [0.29, 0.717) is 11.3 Å². The fourth-order valence-corrected chi connectivity index (χ4v) is 2.87. The summed E-state index contributed by atoms with van der Waals surface area (Å²) in [4.78, 5) is 12.2. The van der Waals surface area contributed by atoms with Crippen molar-refractivity contribution in [3.63, 3.8) is 0 Å². The van der Waals surface area contributed by atoms with Crippen LogP contribution in [0.15, 0.2) is 52.9 Å². The zero-order valence-corrected chi connectivity index (χ0v) is 13.9. The number of rotatable bonds is 3. The second kappa shape index (κ2) is 5.88. The lowest BCUT2D eigenvalue weighted by atomic mass is 9.94. The first-order valence-corrected chi connectivity index (χ1v) is 7.76. The molecular formula is C21H20O2. The average Bonchev–Trinajstić information content (AvgIpc) is 2.86. The van der Waals surface area contributed by atoms with Crippen LogP contribution in [0.4, 0.5) is 0 Å². The Kier molecular flexibility index (Phi) is 3.91. The minimum atomic E-state index is 0.0280. The molecule has 2 aromatic carbocycles. The van der Waals surface area contributed by atoms with Crippen molar-refractivity contribution in [3.05, 3.63) is 71.0 Å². The molecule has 116 valence electrons. The van der Waals surface area contributed by atoms with Gasteiger partial charge in [-0.1, -0.05) is 59.7 Å². The van der Waals surface area contributed by atoms with Crippen LogP contribution in [0.2, 0.25) is 0 Å². The molecule has 0 spiro atoms. The third kappa shape index (κ3) is 2.85. The summed E-state index contributed by atoms with van der Waals surface area (Å²) < 4.78 is 6.00. The lowest BCUT2D eigenvalue weighted by Crippen LogP contribution is -1.95. The molecule has 0 amide bonds. The molecule has 1 heterocycles. The van der Waals surface area contributed by atoms with Gasteiger partial charge in [0.25, 0.3) is 0 Å². The largest absolute Gasteiger partial charge is 0.460 e. The second-order valence-corrected chi connectivity index (χ2v) is 6.03. The highest BCUT2D eigenvalue weighted by atomic mass is 16.3. The van der Waals surface area contributed by atoms with E-state index in [1.807, 2.05) is 31.2 Å². The van der Waals surface area contributed by atoms with E-state index in [1.165, 1.54) is 11.1 Å². The summed E-state index contributed by atoms with van der Waals surface area (Å²) in [6, 6.07) is 16.4. The Balaban J connectivity index is 2.28. The number of benzene rings is 2. The van der Waals surface area contributed by atoms with Gasteiger partial charge in [-0.15, -0.1) is 0 Å². The van der Waals surface area contributed by atoms with Crippen molar-refractivity contribution in [2.75, 3.05) is 0 Å². The fourth-order valence-electron chi connectivity index (χ4n) is 2.87. The molecule has 0 N–H and O–H groups in total. The molecule has 0 bridgehead atoms. The molecule has 3 rings (SSSR count). The number of ketones is 1. The second-order valence-electron chi connectivity index (χ2n) is 6.03. The van der Waals surface area contributed by atoms with Crippen LogP contribution < -0.4 is 0 Å². The zero-order chi connectivity index (χ0) is 16.6. The minimum absolute atomic E-state index is 0.0280. The zero-order valence-electron chi connectivity index (χ0n) is 13.9. The molecule has 0 saturated heterocycles.